The predicted molar refractivity (Wildman–Crippen MR) is 90.7 cm³/mol. The van der Waals surface area contributed by atoms with Crippen LogP contribution in [0.4, 0.5) is 11.5 Å². The first-order valence-corrected chi connectivity index (χ1v) is 7.48. The van der Waals surface area contributed by atoms with Gasteiger partial charge in [-0.15, -0.1) is 10.2 Å². The zero-order chi connectivity index (χ0) is 15.2. The first-order chi connectivity index (χ1) is 10.8. The van der Waals surface area contributed by atoms with Gasteiger partial charge in [-0.05, 0) is 12.0 Å². The smallest absolute Gasteiger partial charge is 0.175 e. The highest BCUT2D eigenvalue weighted by atomic mass is 35.5. The molecule has 0 saturated heterocycles. The Kier molecular flexibility index (Phi) is 4.65. The normalized spacial score (nSPS) is 14.5. The van der Waals surface area contributed by atoms with Crippen LogP contribution in [0.15, 0.2) is 53.7 Å². The molecule has 1 aromatic heterocycles. The van der Waals surface area contributed by atoms with Gasteiger partial charge in [0.2, 0.25) is 0 Å². The van der Waals surface area contributed by atoms with Crippen molar-refractivity contribution >= 4 is 29.3 Å². The van der Waals surface area contributed by atoms with Gasteiger partial charge in [0, 0.05) is 19.2 Å². The van der Waals surface area contributed by atoms with Crippen molar-refractivity contribution in [3.05, 3.63) is 59.3 Å². The zero-order valence-electron chi connectivity index (χ0n) is 12.0. The van der Waals surface area contributed by atoms with Crippen LogP contribution in [0.1, 0.15) is 12.0 Å². The van der Waals surface area contributed by atoms with Gasteiger partial charge < -0.3 is 4.90 Å². The van der Waals surface area contributed by atoms with E-state index in [0.29, 0.717) is 11.0 Å². The van der Waals surface area contributed by atoms with E-state index in [1.807, 2.05) is 36.4 Å². The second-order valence-corrected chi connectivity index (χ2v) is 5.25. The number of hydrogen-bond acceptors (Lipinski definition) is 5. The van der Waals surface area contributed by atoms with E-state index in [9.17, 15) is 0 Å². The maximum Gasteiger partial charge on any atom is 0.175 e. The molecule has 0 amide bonds. The average molecular weight is 314 g/mol. The summed E-state index contributed by atoms with van der Waals surface area (Å²) in [4.78, 5) is 2.17. The minimum atomic E-state index is 0.410. The Labute approximate surface area is 134 Å². The van der Waals surface area contributed by atoms with Crippen molar-refractivity contribution in [1.29, 1.82) is 0 Å². The molecule has 3 rings (SSSR count). The maximum atomic E-state index is 6.15. The van der Waals surface area contributed by atoms with Crippen LogP contribution in [0, 0.1) is 0 Å². The lowest BCUT2D eigenvalue weighted by molar-refractivity contribution is 0.814. The molecule has 6 heteroatoms. The fourth-order valence-electron chi connectivity index (χ4n) is 2.22. The number of nitrogens with zero attached hydrogens (tertiary/aromatic N) is 4. The Morgan fingerprint density at radius 2 is 2.05 bits per heavy atom. The Balaban J connectivity index is 1.72. The number of hydrogen-bond donors (Lipinski definition) is 1. The molecule has 0 saturated carbocycles. The van der Waals surface area contributed by atoms with Crippen LogP contribution in [0.25, 0.3) is 0 Å². The van der Waals surface area contributed by atoms with Crippen LogP contribution in [0.5, 0.6) is 0 Å². The quantitative estimate of drug-likeness (QED) is 0.534. The van der Waals surface area contributed by atoms with Crippen LogP contribution in [-0.4, -0.2) is 29.5 Å². The average Bonchev–Trinajstić information content (AvgIpc) is 2.58. The summed E-state index contributed by atoms with van der Waals surface area (Å²) in [5.41, 5.74) is 4.78. The number of benzene rings is 1. The number of anilines is 2. The fraction of sp³-hybridized carbons (Fsp3) is 0.188. The number of hydrazone groups is 1. The van der Waals surface area contributed by atoms with Crippen LogP contribution < -0.4 is 10.3 Å². The molecule has 0 spiro atoms. The largest absolute Gasteiger partial charge is 0.365 e. The summed E-state index contributed by atoms with van der Waals surface area (Å²) >= 11 is 6.15. The van der Waals surface area contributed by atoms with Crippen LogP contribution in [-0.2, 0) is 0 Å². The van der Waals surface area contributed by atoms with Crippen LogP contribution in [0.2, 0.25) is 5.15 Å². The highest BCUT2D eigenvalue weighted by Gasteiger charge is 2.13. The summed E-state index contributed by atoms with van der Waals surface area (Å²) in [6.07, 6.45) is 7.04. The van der Waals surface area contributed by atoms with Gasteiger partial charge in [-0.1, -0.05) is 54.1 Å². The molecule has 1 aromatic carbocycles. The third kappa shape index (κ3) is 3.62. The minimum absolute atomic E-state index is 0.410. The third-order valence-electron chi connectivity index (χ3n) is 3.32. The Hall–Kier alpha value is -2.40. The Morgan fingerprint density at radius 3 is 2.82 bits per heavy atom. The molecule has 22 heavy (non-hydrogen) atoms. The standard InChI is InChI=1S/C16H16ClN5/c17-16-14(22-9-5-2-6-10-22)11-15(20-21-16)19-18-12-13-7-3-1-4-8-13/h1-5,7-8,11-12H,6,9-10H2,(H,19,20)/b18-12+. The first-order valence-electron chi connectivity index (χ1n) is 7.10. The lowest BCUT2D eigenvalue weighted by atomic mass is 10.2. The summed E-state index contributed by atoms with van der Waals surface area (Å²) < 4.78 is 0. The van der Waals surface area contributed by atoms with Crippen molar-refractivity contribution in [3.63, 3.8) is 0 Å². The zero-order valence-corrected chi connectivity index (χ0v) is 12.7. The Morgan fingerprint density at radius 1 is 1.18 bits per heavy atom. The van der Waals surface area contributed by atoms with Crippen molar-refractivity contribution in [3.8, 4) is 0 Å². The van der Waals surface area contributed by atoms with Gasteiger partial charge >= 0.3 is 0 Å². The molecule has 1 aliphatic heterocycles. The minimum Gasteiger partial charge on any atom is -0.365 e. The van der Waals surface area contributed by atoms with E-state index in [4.69, 9.17) is 11.6 Å². The van der Waals surface area contributed by atoms with E-state index >= 15 is 0 Å². The number of rotatable bonds is 4. The molecule has 0 unspecified atom stereocenters. The van der Waals surface area contributed by atoms with Gasteiger partial charge in [-0.2, -0.15) is 5.10 Å². The maximum absolute atomic E-state index is 6.15. The molecule has 0 atom stereocenters. The summed E-state index contributed by atoms with van der Waals surface area (Å²) in [5, 5.41) is 12.6. The molecule has 5 nitrogen and oxygen atoms in total. The highest BCUT2D eigenvalue weighted by molar-refractivity contribution is 6.32. The first kappa shape index (κ1) is 14.5. The SMILES string of the molecule is Clc1nnc(N/N=C/c2ccccc2)cc1N1CC=CCC1. The van der Waals surface area contributed by atoms with Crippen LogP contribution in [0.3, 0.4) is 0 Å². The predicted octanol–water partition coefficient (Wildman–Crippen LogP) is 3.34. The molecule has 0 radical (unpaired) electrons. The number of halogens is 1. The summed E-state index contributed by atoms with van der Waals surface area (Å²) in [5.74, 6) is 0.570. The van der Waals surface area contributed by atoms with Gasteiger partial charge in [0.1, 0.15) is 0 Å². The topological polar surface area (TPSA) is 53.4 Å². The second kappa shape index (κ2) is 7.04. The van der Waals surface area contributed by atoms with Crippen molar-refractivity contribution < 1.29 is 0 Å². The molecule has 1 aliphatic rings. The molecule has 0 fully saturated rings. The third-order valence-corrected chi connectivity index (χ3v) is 3.59. The van der Waals surface area contributed by atoms with E-state index < -0.39 is 0 Å². The van der Waals surface area contributed by atoms with E-state index in [-0.39, 0.29) is 0 Å². The highest BCUT2D eigenvalue weighted by Crippen LogP contribution is 2.26. The summed E-state index contributed by atoms with van der Waals surface area (Å²) in [6, 6.07) is 11.7. The van der Waals surface area contributed by atoms with Crippen molar-refractivity contribution in [1.82, 2.24) is 10.2 Å². The van der Waals surface area contributed by atoms with Gasteiger partial charge in [0.15, 0.2) is 11.0 Å². The molecule has 0 bridgehead atoms. The van der Waals surface area contributed by atoms with E-state index in [0.717, 1.165) is 30.8 Å². The lowest BCUT2D eigenvalue weighted by Gasteiger charge is -2.25. The van der Waals surface area contributed by atoms with E-state index in [1.165, 1.54) is 0 Å². The van der Waals surface area contributed by atoms with Crippen molar-refractivity contribution in [2.75, 3.05) is 23.4 Å². The second-order valence-electron chi connectivity index (χ2n) is 4.89. The molecule has 112 valence electrons. The van der Waals surface area contributed by atoms with Crippen molar-refractivity contribution in [2.24, 2.45) is 5.10 Å². The van der Waals surface area contributed by atoms with Gasteiger partial charge in [-0.25, -0.2) is 0 Å². The van der Waals surface area contributed by atoms with Gasteiger partial charge in [0.25, 0.3) is 0 Å². The monoisotopic (exact) mass is 313 g/mol. The Bertz CT molecular complexity index is 684. The molecule has 0 aliphatic carbocycles. The van der Waals surface area contributed by atoms with Crippen molar-refractivity contribution in [2.45, 2.75) is 6.42 Å². The molecule has 2 heterocycles. The van der Waals surface area contributed by atoms with Gasteiger partial charge in [0.05, 0.1) is 11.9 Å². The number of aromatic nitrogens is 2. The molecule has 1 N–H and O–H groups in total. The molecular weight excluding hydrogens is 298 g/mol. The van der Waals surface area contributed by atoms with E-state index in [1.54, 1.807) is 6.21 Å². The summed E-state index contributed by atoms with van der Waals surface area (Å²) in [7, 11) is 0. The van der Waals surface area contributed by atoms with E-state index in [2.05, 4.69) is 37.8 Å². The number of nitrogens with one attached hydrogen (secondary N) is 1. The summed E-state index contributed by atoms with van der Waals surface area (Å²) in [6.45, 7) is 1.76. The molecular formula is C16H16ClN5. The fourth-order valence-corrected chi connectivity index (χ4v) is 2.43. The molecule has 2 aromatic rings. The van der Waals surface area contributed by atoms with Gasteiger partial charge in [-0.3, -0.25) is 5.43 Å². The lowest BCUT2D eigenvalue weighted by Crippen LogP contribution is -2.27. The van der Waals surface area contributed by atoms with Crippen LogP contribution >= 0.6 is 11.6 Å².